The van der Waals surface area contributed by atoms with Crippen molar-refractivity contribution >= 4 is 0 Å². The Bertz CT molecular complexity index is 384. The minimum atomic E-state index is -0.453. The maximum absolute atomic E-state index is 10.2. The van der Waals surface area contributed by atoms with Crippen LogP contribution in [-0.2, 0) is 11.2 Å². The van der Waals surface area contributed by atoms with E-state index in [0.717, 1.165) is 18.5 Å². The summed E-state index contributed by atoms with van der Waals surface area (Å²) in [7, 11) is 0. The molecular formula is C14H21NO2. The van der Waals surface area contributed by atoms with E-state index in [4.69, 9.17) is 4.74 Å². The van der Waals surface area contributed by atoms with Crippen LogP contribution in [0.3, 0.4) is 0 Å². The number of fused-ring (bicyclic) bond motifs is 1. The zero-order valence-corrected chi connectivity index (χ0v) is 10.8. The summed E-state index contributed by atoms with van der Waals surface area (Å²) in [6.07, 6.45) is 3.33. The summed E-state index contributed by atoms with van der Waals surface area (Å²) >= 11 is 0. The van der Waals surface area contributed by atoms with Crippen LogP contribution in [0.15, 0.2) is 18.3 Å². The smallest absolute Gasteiger partial charge is 0.0857 e. The van der Waals surface area contributed by atoms with Gasteiger partial charge in [-0.2, -0.15) is 0 Å². The Morgan fingerprint density at radius 1 is 1.53 bits per heavy atom. The minimum absolute atomic E-state index is 0.133. The second kappa shape index (κ2) is 4.75. The number of ether oxygens (including phenoxy) is 1. The van der Waals surface area contributed by atoms with Gasteiger partial charge in [-0.25, -0.2) is 0 Å². The minimum Gasteiger partial charge on any atom is -0.390 e. The molecule has 0 spiro atoms. The Labute approximate surface area is 103 Å². The molecule has 1 N–H and O–H groups in total. The highest BCUT2D eigenvalue weighted by Crippen LogP contribution is 2.34. The molecule has 0 aliphatic heterocycles. The number of aryl methyl sites for hydroxylation is 1. The number of aromatic nitrogens is 1. The van der Waals surface area contributed by atoms with Crippen molar-refractivity contribution in [3.8, 4) is 0 Å². The highest BCUT2D eigenvalue weighted by molar-refractivity contribution is 5.29. The van der Waals surface area contributed by atoms with Crippen LogP contribution in [0.5, 0.6) is 0 Å². The third-order valence-corrected chi connectivity index (χ3v) is 3.15. The van der Waals surface area contributed by atoms with Gasteiger partial charge in [0.05, 0.1) is 18.3 Å². The van der Waals surface area contributed by atoms with Crippen molar-refractivity contribution in [2.24, 2.45) is 0 Å². The maximum Gasteiger partial charge on any atom is 0.0857 e. The highest BCUT2D eigenvalue weighted by atomic mass is 16.5. The van der Waals surface area contributed by atoms with Gasteiger partial charge in [-0.15, -0.1) is 0 Å². The number of hydrogen-bond acceptors (Lipinski definition) is 3. The molecule has 0 amide bonds. The van der Waals surface area contributed by atoms with E-state index >= 15 is 0 Å². The summed E-state index contributed by atoms with van der Waals surface area (Å²) < 4.78 is 5.64. The van der Waals surface area contributed by atoms with Gasteiger partial charge in [0.25, 0.3) is 0 Å². The fourth-order valence-corrected chi connectivity index (χ4v) is 2.27. The van der Waals surface area contributed by atoms with Crippen molar-refractivity contribution in [1.29, 1.82) is 0 Å². The predicted molar refractivity (Wildman–Crippen MR) is 67.0 cm³/mol. The molecule has 3 nitrogen and oxygen atoms in total. The van der Waals surface area contributed by atoms with Gasteiger partial charge in [0.1, 0.15) is 0 Å². The molecule has 0 saturated heterocycles. The van der Waals surface area contributed by atoms with Gasteiger partial charge in [-0.05, 0) is 45.2 Å². The molecule has 2 atom stereocenters. The van der Waals surface area contributed by atoms with Gasteiger partial charge in [0, 0.05) is 17.8 Å². The molecule has 0 fully saturated rings. The molecule has 0 aromatic carbocycles. The van der Waals surface area contributed by atoms with Crippen LogP contribution in [0.1, 0.15) is 44.4 Å². The molecule has 2 rings (SSSR count). The van der Waals surface area contributed by atoms with E-state index in [2.05, 4.69) is 11.1 Å². The maximum atomic E-state index is 10.2. The molecule has 1 aromatic heterocycles. The zero-order chi connectivity index (χ0) is 12.5. The average Bonchev–Trinajstić information content (AvgIpc) is 2.68. The first-order valence-electron chi connectivity index (χ1n) is 6.23. The Kier molecular flexibility index (Phi) is 3.50. The monoisotopic (exact) mass is 235 g/mol. The second-order valence-electron chi connectivity index (χ2n) is 5.68. The van der Waals surface area contributed by atoms with Crippen LogP contribution in [0.25, 0.3) is 0 Å². The van der Waals surface area contributed by atoms with E-state index in [1.807, 2.05) is 26.8 Å². The zero-order valence-electron chi connectivity index (χ0n) is 10.8. The SMILES string of the molecule is CC(C)(C)OCC(O)C1CCc2cccnc21. The fourth-order valence-electron chi connectivity index (χ4n) is 2.27. The molecule has 2 unspecified atom stereocenters. The van der Waals surface area contributed by atoms with Crippen molar-refractivity contribution < 1.29 is 9.84 Å². The first kappa shape index (κ1) is 12.5. The molecule has 0 bridgehead atoms. The van der Waals surface area contributed by atoms with Gasteiger partial charge in [0.2, 0.25) is 0 Å². The number of hydrogen-bond donors (Lipinski definition) is 1. The number of aliphatic hydroxyl groups is 1. The lowest BCUT2D eigenvalue weighted by Crippen LogP contribution is -2.29. The lowest BCUT2D eigenvalue weighted by atomic mass is 10.00. The Morgan fingerprint density at radius 2 is 2.29 bits per heavy atom. The molecule has 0 saturated carbocycles. The van der Waals surface area contributed by atoms with Crippen molar-refractivity contribution in [3.63, 3.8) is 0 Å². The first-order chi connectivity index (χ1) is 7.97. The fraction of sp³-hybridized carbons (Fsp3) is 0.643. The van der Waals surface area contributed by atoms with Crippen LogP contribution < -0.4 is 0 Å². The lowest BCUT2D eigenvalue weighted by molar-refractivity contribution is -0.0557. The summed E-state index contributed by atoms with van der Waals surface area (Å²) in [6.45, 7) is 6.38. The predicted octanol–water partition coefficient (Wildman–Crippen LogP) is 2.29. The van der Waals surface area contributed by atoms with Crippen LogP contribution in [0, 0.1) is 0 Å². The molecule has 3 heteroatoms. The summed E-state index contributed by atoms with van der Waals surface area (Å²) in [6, 6.07) is 4.05. The standard InChI is InChI=1S/C14H21NO2/c1-14(2,3)17-9-12(16)11-7-6-10-5-4-8-15-13(10)11/h4-5,8,11-12,16H,6-7,9H2,1-3H3. The van der Waals surface area contributed by atoms with Gasteiger partial charge >= 0.3 is 0 Å². The van der Waals surface area contributed by atoms with E-state index in [0.29, 0.717) is 6.61 Å². The van der Waals surface area contributed by atoms with Gasteiger partial charge in [0.15, 0.2) is 0 Å². The first-order valence-corrected chi connectivity index (χ1v) is 6.23. The lowest BCUT2D eigenvalue weighted by Gasteiger charge is -2.24. The quantitative estimate of drug-likeness (QED) is 0.874. The van der Waals surface area contributed by atoms with E-state index in [-0.39, 0.29) is 11.5 Å². The summed E-state index contributed by atoms with van der Waals surface area (Å²) in [4.78, 5) is 4.39. The molecule has 1 heterocycles. The Morgan fingerprint density at radius 3 is 3.00 bits per heavy atom. The largest absolute Gasteiger partial charge is 0.390 e. The van der Waals surface area contributed by atoms with E-state index < -0.39 is 6.10 Å². The normalized spacial score (nSPS) is 21.3. The van der Waals surface area contributed by atoms with Crippen molar-refractivity contribution in [2.45, 2.75) is 51.2 Å². The third-order valence-electron chi connectivity index (χ3n) is 3.15. The summed E-state index contributed by atoms with van der Waals surface area (Å²) in [5, 5.41) is 10.2. The van der Waals surface area contributed by atoms with Gasteiger partial charge < -0.3 is 9.84 Å². The van der Waals surface area contributed by atoms with Gasteiger partial charge in [-0.3, -0.25) is 4.98 Å². The highest BCUT2D eigenvalue weighted by Gasteiger charge is 2.30. The summed E-state index contributed by atoms with van der Waals surface area (Å²) in [5.41, 5.74) is 2.12. The molecule has 1 aliphatic rings. The van der Waals surface area contributed by atoms with Crippen molar-refractivity contribution in [3.05, 3.63) is 29.6 Å². The molecule has 1 aliphatic carbocycles. The second-order valence-corrected chi connectivity index (χ2v) is 5.68. The molecular weight excluding hydrogens is 214 g/mol. The van der Waals surface area contributed by atoms with Crippen LogP contribution >= 0.6 is 0 Å². The van der Waals surface area contributed by atoms with Gasteiger partial charge in [-0.1, -0.05) is 6.07 Å². The molecule has 94 valence electrons. The Hall–Kier alpha value is -0.930. The molecule has 17 heavy (non-hydrogen) atoms. The third kappa shape index (κ3) is 3.05. The number of rotatable bonds is 3. The average molecular weight is 235 g/mol. The van der Waals surface area contributed by atoms with Crippen LogP contribution in [0.4, 0.5) is 0 Å². The molecule has 0 radical (unpaired) electrons. The topological polar surface area (TPSA) is 42.4 Å². The van der Waals surface area contributed by atoms with Crippen molar-refractivity contribution in [2.75, 3.05) is 6.61 Å². The molecule has 1 aromatic rings. The summed E-state index contributed by atoms with van der Waals surface area (Å²) in [5.74, 6) is 0.133. The Balaban J connectivity index is 2.00. The van der Waals surface area contributed by atoms with Crippen LogP contribution in [0.2, 0.25) is 0 Å². The van der Waals surface area contributed by atoms with E-state index in [1.54, 1.807) is 6.20 Å². The van der Waals surface area contributed by atoms with Crippen LogP contribution in [-0.4, -0.2) is 28.4 Å². The van der Waals surface area contributed by atoms with E-state index in [1.165, 1.54) is 5.56 Å². The van der Waals surface area contributed by atoms with E-state index in [9.17, 15) is 5.11 Å². The number of pyridine rings is 1. The number of nitrogens with zero attached hydrogens (tertiary/aromatic N) is 1. The number of aliphatic hydroxyl groups excluding tert-OH is 1. The van der Waals surface area contributed by atoms with Crippen molar-refractivity contribution in [1.82, 2.24) is 4.98 Å².